The largest absolute Gasteiger partial charge is 0.456 e. The molecular formula is C59H34N4OS. The SMILES string of the molecule is c1ccc(-c2ccc(-c3nc(-c4cccc5sc6ccccc6c45)nc(-c4cccc5oc6cc(-n7c8ccccc8c8cc9ccccc9cc87)c7ccccc7c6c45)n3)cc2)cc1. The Morgan fingerprint density at radius 2 is 0.954 bits per heavy atom. The molecule has 14 rings (SSSR count). The molecule has 0 fully saturated rings. The summed E-state index contributed by atoms with van der Waals surface area (Å²) < 4.78 is 11.8. The van der Waals surface area contributed by atoms with Gasteiger partial charge in [0.25, 0.3) is 0 Å². The highest BCUT2D eigenvalue weighted by molar-refractivity contribution is 7.25. The van der Waals surface area contributed by atoms with Crippen LogP contribution in [0.5, 0.6) is 0 Å². The standard InChI is InChI=1S/C59H34N4OS/c1-2-14-35(15-3-1)36-28-30-37(31-29-36)57-60-58(44-23-13-27-53-54(44)43-21-9-11-26-52(43)65-53)62-59(61-57)45-22-12-25-50-56(45)55-42-20-7-6-18-40(42)49(34-51(55)64-50)63-47-24-10-8-19-41(47)46-32-38-16-4-5-17-39(38)33-48(46)63/h1-34H. The molecule has 14 aromatic rings. The minimum absolute atomic E-state index is 0.587. The molecule has 0 aliphatic rings. The molecule has 65 heavy (non-hydrogen) atoms. The van der Waals surface area contributed by atoms with Crippen LogP contribution in [0.2, 0.25) is 0 Å². The van der Waals surface area contributed by atoms with Crippen LogP contribution in [0.25, 0.3) is 136 Å². The van der Waals surface area contributed by atoms with Crippen molar-refractivity contribution in [3.05, 3.63) is 206 Å². The fourth-order valence-electron chi connectivity index (χ4n) is 10.1. The lowest BCUT2D eigenvalue weighted by atomic mass is 9.98. The van der Waals surface area contributed by atoms with Crippen molar-refractivity contribution in [3.63, 3.8) is 0 Å². The second-order valence-electron chi connectivity index (χ2n) is 16.7. The zero-order chi connectivity index (χ0) is 42.6. The predicted octanol–water partition coefficient (Wildman–Crippen LogP) is 16.2. The highest BCUT2D eigenvalue weighted by atomic mass is 32.1. The lowest BCUT2D eigenvalue weighted by molar-refractivity contribution is 0.669. The summed E-state index contributed by atoms with van der Waals surface area (Å²) in [6.45, 7) is 0. The van der Waals surface area contributed by atoms with Crippen molar-refractivity contribution in [3.8, 4) is 51.0 Å². The normalized spacial score (nSPS) is 12.0. The van der Waals surface area contributed by atoms with Gasteiger partial charge in [0.05, 0.1) is 16.7 Å². The van der Waals surface area contributed by atoms with Gasteiger partial charge in [0.15, 0.2) is 17.5 Å². The maximum Gasteiger partial charge on any atom is 0.164 e. The van der Waals surface area contributed by atoms with Gasteiger partial charge in [-0.2, -0.15) is 0 Å². The van der Waals surface area contributed by atoms with Gasteiger partial charge in [-0.3, -0.25) is 0 Å². The number of aromatic nitrogens is 4. The molecule has 0 saturated heterocycles. The van der Waals surface area contributed by atoms with E-state index in [2.05, 4.69) is 199 Å². The topological polar surface area (TPSA) is 56.7 Å². The van der Waals surface area contributed by atoms with Gasteiger partial charge in [0.1, 0.15) is 11.2 Å². The number of furan rings is 1. The van der Waals surface area contributed by atoms with Crippen LogP contribution < -0.4 is 0 Å². The Bertz CT molecular complexity index is 4240. The lowest BCUT2D eigenvalue weighted by Gasteiger charge is -2.13. The van der Waals surface area contributed by atoms with E-state index in [9.17, 15) is 0 Å². The highest BCUT2D eigenvalue weighted by Crippen LogP contribution is 2.45. The maximum absolute atomic E-state index is 6.95. The minimum Gasteiger partial charge on any atom is -0.456 e. The zero-order valence-electron chi connectivity index (χ0n) is 34.7. The molecule has 0 saturated carbocycles. The molecule has 5 nitrogen and oxygen atoms in total. The Morgan fingerprint density at radius 3 is 1.77 bits per heavy atom. The van der Waals surface area contributed by atoms with E-state index in [-0.39, 0.29) is 0 Å². The van der Waals surface area contributed by atoms with Crippen LogP contribution in [0.4, 0.5) is 0 Å². The van der Waals surface area contributed by atoms with Gasteiger partial charge in [-0.1, -0.05) is 164 Å². The van der Waals surface area contributed by atoms with E-state index in [0.717, 1.165) is 82.6 Å². The molecule has 0 aliphatic heterocycles. The molecule has 0 N–H and O–H groups in total. The van der Waals surface area contributed by atoms with E-state index in [1.165, 1.54) is 36.3 Å². The summed E-state index contributed by atoms with van der Waals surface area (Å²) in [6, 6.07) is 73.1. The average molecular weight is 847 g/mol. The fraction of sp³-hybridized carbons (Fsp3) is 0. The number of hydrogen-bond acceptors (Lipinski definition) is 5. The molecule has 0 amide bonds. The molecule has 302 valence electrons. The Balaban J connectivity index is 1.03. The van der Waals surface area contributed by atoms with Crippen LogP contribution in [0.15, 0.2) is 211 Å². The van der Waals surface area contributed by atoms with Gasteiger partial charge >= 0.3 is 0 Å². The molecule has 0 spiro atoms. The smallest absolute Gasteiger partial charge is 0.164 e. The molecule has 6 heteroatoms. The van der Waals surface area contributed by atoms with Crippen LogP contribution in [-0.2, 0) is 0 Å². The predicted molar refractivity (Wildman–Crippen MR) is 271 cm³/mol. The summed E-state index contributed by atoms with van der Waals surface area (Å²) in [5.41, 5.74) is 10.0. The number of benzene rings is 10. The second-order valence-corrected chi connectivity index (χ2v) is 17.8. The average Bonchev–Trinajstić information content (AvgIpc) is 4.05. The second kappa shape index (κ2) is 14.0. The summed E-state index contributed by atoms with van der Waals surface area (Å²) >= 11 is 1.79. The molecule has 0 bridgehead atoms. The first-order valence-corrected chi connectivity index (χ1v) is 22.7. The molecule has 0 radical (unpaired) electrons. The lowest BCUT2D eigenvalue weighted by Crippen LogP contribution is -2.01. The highest BCUT2D eigenvalue weighted by Gasteiger charge is 2.23. The van der Waals surface area contributed by atoms with E-state index in [4.69, 9.17) is 19.4 Å². The molecule has 4 heterocycles. The number of hydrogen-bond donors (Lipinski definition) is 0. The monoisotopic (exact) mass is 846 g/mol. The fourth-order valence-corrected chi connectivity index (χ4v) is 11.2. The van der Waals surface area contributed by atoms with Crippen LogP contribution in [0.1, 0.15) is 0 Å². The summed E-state index contributed by atoms with van der Waals surface area (Å²) in [5, 5.41) is 11.4. The summed E-state index contributed by atoms with van der Waals surface area (Å²) in [5.74, 6) is 1.82. The number of fused-ring (bicyclic) bond motifs is 12. The quantitative estimate of drug-likeness (QED) is 0.173. The molecule has 0 unspecified atom stereocenters. The Kier molecular flexibility index (Phi) is 7.79. The number of nitrogens with zero attached hydrogens (tertiary/aromatic N) is 4. The van der Waals surface area contributed by atoms with Crippen molar-refractivity contribution in [2.45, 2.75) is 0 Å². The Labute approximate surface area is 376 Å². The molecule has 4 aromatic heterocycles. The third-order valence-corrected chi connectivity index (χ3v) is 14.2. The van der Waals surface area contributed by atoms with Crippen molar-refractivity contribution >= 4 is 96.8 Å². The van der Waals surface area contributed by atoms with Gasteiger partial charge in [0, 0.05) is 69.9 Å². The molecule has 0 atom stereocenters. The van der Waals surface area contributed by atoms with Crippen molar-refractivity contribution in [2.75, 3.05) is 0 Å². The van der Waals surface area contributed by atoms with E-state index in [1.54, 1.807) is 11.3 Å². The van der Waals surface area contributed by atoms with Gasteiger partial charge in [-0.25, -0.2) is 15.0 Å². The Hall–Kier alpha value is -8.45. The van der Waals surface area contributed by atoms with Crippen molar-refractivity contribution < 1.29 is 4.42 Å². The van der Waals surface area contributed by atoms with Gasteiger partial charge in [0.2, 0.25) is 0 Å². The summed E-state index contributed by atoms with van der Waals surface area (Å²) in [7, 11) is 0. The summed E-state index contributed by atoms with van der Waals surface area (Å²) in [4.78, 5) is 16.0. The van der Waals surface area contributed by atoms with Crippen LogP contribution in [-0.4, -0.2) is 19.5 Å². The van der Waals surface area contributed by atoms with E-state index < -0.39 is 0 Å². The maximum atomic E-state index is 6.95. The molecule has 10 aromatic carbocycles. The number of para-hydroxylation sites is 1. The van der Waals surface area contributed by atoms with Gasteiger partial charge < -0.3 is 8.98 Å². The van der Waals surface area contributed by atoms with Crippen LogP contribution >= 0.6 is 11.3 Å². The van der Waals surface area contributed by atoms with Gasteiger partial charge in [-0.15, -0.1) is 11.3 Å². The first-order valence-electron chi connectivity index (χ1n) is 21.8. The minimum atomic E-state index is 0.587. The third kappa shape index (κ3) is 5.54. The van der Waals surface area contributed by atoms with Crippen molar-refractivity contribution in [1.82, 2.24) is 19.5 Å². The molecular weight excluding hydrogens is 813 g/mol. The van der Waals surface area contributed by atoms with Gasteiger partial charge in [-0.05, 0) is 63.7 Å². The third-order valence-electron chi connectivity index (χ3n) is 13.0. The summed E-state index contributed by atoms with van der Waals surface area (Å²) in [6.07, 6.45) is 0. The van der Waals surface area contributed by atoms with Crippen LogP contribution in [0.3, 0.4) is 0 Å². The van der Waals surface area contributed by atoms with Crippen molar-refractivity contribution in [2.24, 2.45) is 0 Å². The van der Waals surface area contributed by atoms with E-state index in [1.807, 2.05) is 12.1 Å². The number of thiophene rings is 1. The first-order chi connectivity index (χ1) is 32.2. The Morgan fingerprint density at radius 1 is 0.354 bits per heavy atom. The number of rotatable bonds is 5. The van der Waals surface area contributed by atoms with E-state index in [0.29, 0.717) is 17.5 Å². The zero-order valence-corrected chi connectivity index (χ0v) is 35.6. The first kappa shape index (κ1) is 36.1. The molecule has 0 aliphatic carbocycles. The van der Waals surface area contributed by atoms with Crippen LogP contribution in [0, 0.1) is 0 Å². The van der Waals surface area contributed by atoms with Crippen molar-refractivity contribution in [1.29, 1.82) is 0 Å². The van der Waals surface area contributed by atoms with E-state index >= 15 is 0 Å².